The van der Waals surface area contributed by atoms with E-state index in [1.54, 1.807) is 17.0 Å². The number of aryl methyl sites for hydroxylation is 2. The number of carbonyl (C=O) groups is 1. The number of urea groups is 1. The largest absolute Gasteiger partial charge is 0.492 e. The number of rotatable bonds is 6. The predicted octanol–water partition coefficient (Wildman–Crippen LogP) is 4.58. The average molecular weight is 464 g/mol. The molecule has 178 valence electrons. The molecule has 2 aromatic carbocycles. The van der Waals surface area contributed by atoms with E-state index in [0.29, 0.717) is 56.5 Å². The zero-order valence-electron chi connectivity index (χ0n) is 19.8. The monoisotopic (exact) mass is 463 g/mol. The van der Waals surface area contributed by atoms with Gasteiger partial charge in [-0.15, -0.1) is 0 Å². The second-order valence-electron chi connectivity index (χ2n) is 8.30. The van der Waals surface area contributed by atoms with Crippen LogP contribution < -0.4 is 15.0 Å². The van der Waals surface area contributed by atoms with Crippen LogP contribution in [0.4, 0.5) is 20.7 Å². The number of aromatic nitrogens is 2. The minimum Gasteiger partial charge on any atom is -0.492 e. The first-order valence-electron chi connectivity index (χ1n) is 11.6. The van der Waals surface area contributed by atoms with Gasteiger partial charge in [0.05, 0.1) is 12.3 Å². The summed E-state index contributed by atoms with van der Waals surface area (Å²) < 4.78 is 19.4. The van der Waals surface area contributed by atoms with Crippen LogP contribution in [0.2, 0.25) is 0 Å². The van der Waals surface area contributed by atoms with Crippen LogP contribution in [0.5, 0.6) is 5.75 Å². The number of nitrogens with one attached hydrogen (secondary N) is 1. The Labute approximate surface area is 199 Å². The van der Waals surface area contributed by atoms with Crippen molar-refractivity contribution < 1.29 is 13.9 Å². The molecule has 1 aromatic heterocycles. The molecule has 1 saturated heterocycles. The maximum atomic E-state index is 13.7. The minimum absolute atomic E-state index is 0.151. The van der Waals surface area contributed by atoms with Crippen molar-refractivity contribution in [1.29, 1.82) is 0 Å². The van der Waals surface area contributed by atoms with E-state index < -0.39 is 0 Å². The summed E-state index contributed by atoms with van der Waals surface area (Å²) in [6, 6.07) is 13.9. The minimum atomic E-state index is -0.254. The van der Waals surface area contributed by atoms with Crippen molar-refractivity contribution in [3.05, 3.63) is 77.0 Å². The van der Waals surface area contributed by atoms with Crippen molar-refractivity contribution >= 4 is 17.5 Å². The normalized spacial score (nSPS) is 13.6. The number of benzene rings is 2. The summed E-state index contributed by atoms with van der Waals surface area (Å²) in [7, 11) is 0. The number of carbonyl (C=O) groups excluding carboxylic acids is 1. The molecule has 0 radical (unpaired) electrons. The fourth-order valence-corrected chi connectivity index (χ4v) is 4.20. The maximum absolute atomic E-state index is 13.7. The highest BCUT2D eigenvalue weighted by Gasteiger charge is 2.25. The van der Waals surface area contributed by atoms with E-state index >= 15 is 0 Å². The van der Waals surface area contributed by atoms with Crippen LogP contribution in [0.3, 0.4) is 0 Å². The molecule has 1 aliphatic heterocycles. The van der Waals surface area contributed by atoms with Crippen LogP contribution >= 0.6 is 0 Å². The quantitative estimate of drug-likeness (QED) is 0.580. The Hall–Kier alpha value is -3.68. The Bertz CT molecular complexity index is 1160. The summed E-state index contributed by atoms with van der Waals surface area (Å²) in [6.45, 7) is 8.69. The predicted molar refractivity (Wildman–Crippen MR) is 131 cm³/mol. The molecule has 0 saturated carbocycles. The summed E-state index contributed by atoms with van der Waals surface area (Å²) in [5, 5.41) is 2.97. The fourth-order valence-electron chi connectivity index (χ4n) is 4.20. The number of halogens is 1. The van der Waals surface area contributed by atoms with E-state index in [-0.39, 0.29) is 11.8 Å². The van der Waals surface area contributed by atoms with Gasteiger partial charge in [0.15, 0.2) is 0 Å². The number of nitrogens with zero attached hydrogens (tertiary/aromatic N) is 4. The first-order valence-corrected chi connectivity index (χ1v) is 11.6. The first kappa shape index (κ1) is 23.5. The lowest BCUT2D eigenvalue weighted by Gasteiger charge is -2.36. The molecule has 2 heterocycles. The summed E-state index contributed by atoms with van der Waals surface area (Å²) in [5.74, 6) is 1.96. The summed E-state index contributed by atoms with van der Waals surface area (Å²) >= 11 is 0. The van der Waals surface area contributed by atoms with Gasteiger partial charge in [0.2, 0.25) is 0 Å². The van der Waals surface area contributed by atoms with Gasteiger partial charge in [0, 0.05) is 43.9 Å². The van der Waals surface area contributed by atoms with Crippen LogP contribution in [-0.2, 0) is 6.42 Å². The van der Waals surface area contributed by atoms with Crippen molar-refractivity contribution in [2.45, 2.75) is 27.2 Å². The van der Waals surface area contributed by atoms with Gasteiger partial charge in [-0.25, -0.2) is 19.2 Å². The van der Waals surface area contributed by atoms with Gasteiger partial charge in [-0.3, -0.25) is 0 Å². The number of piperazine rings is 1. The van der Waals surface area contributed by atoms with Crippen molar-refractivity contribution in [2.24, 2.45) is 0 Å². The summed E-state index contributed by atoms with van der Waals surface area (Å²) in [4.78, 5) is 26.2. The fraction of sp³-hybridized carbons (Fsp3) is 0.346. The van der Waals surface area contributed by atoms with Gasteiger partial charge in [0.1, 0.15) is 23.2 Å². The average Bonchev–Trinajstić information content (AvgIpc) is 2.82. The zero-order chi connectivity index (χ0) is 24.1. The van der Waals surface area contributed by atoms with Gasteiger partial charge in [0.25, 0.3) is 0 Å². The molecule has 0 bridgehead atoms. The van der Waals surface area contributed by atoms with E-state index in [4.69, 9.17) is 9.72 Å². The van der Waals surface area contributed by atoms with Gasteiger partial charge in [-0.2, -0.15) is 0 Å². The highest BCUT2D eigenvalue weighted by Crippen LogP contribution is 2.27. The van der Waals surface area contributed by atoms with Crippen molar-refractivity contribution in [3.8, 4) is 5.75 Å². The maximum Gasteiger partial charge on any atom is 0.322 e. The molecule has 0 spiro atoms. The molecule has 1 N–H and O–H groups in total. The first-order chi connectivity index (χ1) is 16.4. The Balaban J connectivity index is 1.46. The third-order valence-electron chi connectivity index (χ3n) is 5.87. The molecule has 34 heavy (non-hydrogen) atoms. The molecular weight excluding hydrogens is 433 g/mol. The van der Waals surface area contributed by atoms with Gasteiger partial charge in [-0.1, -0.05) is 24.3 Å². The summed E-state index contributed by atoms with van der Waals surface area (Å²) in [6.07, 6.45) is 0.550. The number of para-hydroxylation sites is 2. The molecule has 4 rings (SSSR count). The molecule has 7 nitrogen and oxygen atoms in total. The molecule has 0 atom stereocenters. The lowest BCUT2D eigenvalue weighted by Crippen LogP contribution is -2.50. The molecule has 1 aliphatic rings. The lowest BCUT2D eigenvalue weighted by atomic mass is 10.0. The molecule has 1 fully saturated rings. The number of anilines is 2. The van der Waals surface area contributed by atoms with Crippen LogP contribution in [0.1, 0.15) is 29.6 Å². The second-order valence-corrected chi connectivity index (χ2v) is 8.30. The Kier molecular flexibility index (Phi) is 7.25. The van der Waals surface area contributed by atoms with Crippen molar-refractivity contribution in [2.75, 3.05) is 43.0 Å². The number of amides is 2. The van der Waals surface area contributed by atoms with E-state index in [1.165, 1.54) is 6.07 Å². The summed E-state index contributed by atoms with van der Waals surface area (Å²) in [5.41, 5.74) is 3.41. The molecule has 8 heteroatoms. The van der Waals surface area contributed by atoms with Crippen molar-refractivity contribution in [1.82, 2.24) is 14.9 Å². The lowest BCUT2D eigenvalue weighted by molar-refractivity contribution is 0.208. The zero-order valence-corrected chi connectivity index (χ0v) is 19.8. The molecule has 0 unspecified atom stereocenters. The third kappa shape index (κ3) is 5.44. The molecule has 2 amide bonds. The van der Waals surface area contributed by atoms with Gasteiger partial charge < -0.3 is 19.9 Å². The number of hydrogen-bond acceptors (Lipinski definition) is 5. The molecule has 3 aromatic rings. The smallest absolute Gasteiger partial charge is 0.322 e. The number of ether oxygens (including phenoxy) is 1. The second kappa shape index (κ2) is 10.5. The third-order valence-corrected chi connectivity index (χ3v) is 5.87. The van der Waals surface area contributed by atoms with Gasteiger partial charge >= 0.3 is 6.03 Å². The van der Waals surface area contributed by atoms with E-state index in [2.05, 4.69) is 15.2 Å². The van der Waals surface area contributed by atoms with Crippen LogP contribution in [0, 0.1) is 19.7 Å². The van der Waals surface area contributed by atoms with Crippen LogP contribution in [-0.4, -0.2) is 53.7 Å². The molecular formula is C26H30FN5O2. The van der Waals surface area contributed by atoms with E-state index in [0.717, 1.165) is 22.6 Å². The van der Waals surface area contributed by atoms with E-state index in [9.17, 15) is 9.18 Å². The Morgan fingerprint density at radius 3 is 2.56 bits per heavy atom. The van der Waals surface area contributed by atoms with Gasteiger partial charge in [-0.05, 0) is 50.6 Å². The molecule has 0 aliphatic carbocycles. The topological polar surface area (TPSA) is 70.6 Å². The SMILES string of the molecule is CCOc1ccccc1NC(=O)N1CCN(c2nc(C)nc(C)c2Cc2cccc(F)c2)CC1. The van der Waals surface area contributed by atoms with E-state index in [1.807, 2.05) is 51.1 Å². The standard InChI is InChI=1S/C26H30FN5O2/c1-4-34-24-11-6-5-10-23(24)30-26(33)32-14-12-31(13-15-32)25-22(18(2)28-19(3)29-25)17-20-8-7-9-21(27)16-20/h5-11,16H,4,12-15,17H2,1-3H3,(H,30,33). The van der Waals surface area contributed by atoms with Crippen LogP contribution in [0.25, 0.3) is 0 Å². The highest BCUT2D eigenvalue weighted by atomic mass is 19.1. The highest BCUT2D eigenvalue weighted by molar-refractivity contribution is 5.91. The van der Waals surface area contributed by atoms with Crippen LogP contribution in [0.15, 0.2) is 48.5 Å². The van der Waals surface area contributed by atoms with Crippen molar-refractivity contribution in [3.63, 3.8) is 0 Å². The number of hydrogen-bond donors (Lipinski definition) is 1. The Morgan fingerprint density at radius 1 is 1.06 bits per heavy atom. The Morgan fingerprint density at radius 2 is 1.82 bits per heavy atom.